The monoisotopic (exact) mass is 380 g/mol. The van der Waals surface area contributed by atoms with Crippen LogP contribution in [-0.2, 0) is 13.0 Å². The second-order valence-corrected chi connectivity index (χ2v) is 6.74. The number of hydrogen-bond acceptors (Lipinski definition) is 4. The first-order chi connectivity index (χ1) is 13.2. The van der Waals surface area contributed by atoms with Crippen LogP contribution in [0.5, 0.6) is 5.75 Å². The van der Waals surface area contributed by atoms with Gasteiger partial charge in [0, 0.05) is 12.0 Å². The van der Waals surface area contributed by atoms with Gasteiger partial charge in [-0.15, -0.1) is 0 Å². The molecule has 3 aromatic rings. The van der Waals surface area contributed by atoms with Gasteiger partial charge in [0.05, 0.1) is 6.21 Å². The van der Waals surface area contributed by atoms with Crippen LogP contribution in [0.3, 0.4) is 0 Å². The summed E-state index contributed by atoms with van der Waals surface area (Å²) < 4.78 is 8.23. The molecule has 0 atom stereocenters. The quantitative estimate of drug-likeness (QED) is 0.439. The summed E-state index contributed by atoms with van der Waals surface area (Å²) in [4.78, 5) is 0. The summed E-state index contributed by atoms with van der Waals surface area (Å²) in [5, 5.41) is 11.6. The van der Waals surface area contributed by atoms with Crippen molar-refractivity contribution in [1.82, 2.24) is 14.9 Å². The number of para-hydroxylation sites is 1. The third-order valence-electron chi connectivity index (χ3n) is 4.35. The van der Waals surface area contributed by atoms with Gasteiger partial charge in [0.25, 0.3) is 0 Å². The minimum absolute atomic E-state index is 0.496. The van der Waals surface area contributed by atoms with Gasteiger partial charge in [-0.1, -0.05) is 49.7 Å². The summed E-state index contributed by atoms with van der Waals surface area (Å²) >= 11 is 5.30. The number of aryl methyl sites for hydroxylation is 2. The van der Waals surface area contributed by atoms with Gasteiger partial charge in [-0.25, -0.2) is 0 Å². The topological polar surface area (TPSA) is 55.2 Å². The average Bonchev–Trinajstić information content (AvgIpc) is 3.04. The Hall–Kier alpha value is -2.73. The zero-order valence-corrected chi connectivity index (χ0v) is 16.5. The van der Waals surface area contributed by atoms with E-state index in [4.69, 9.17) is 17.0 Å². The lowest BCUT2D eigenvalue weighted by molar-refractivity contribution is 0.305. The van der Waals surface area contributed by atoms with Crippen LogP contribution in [0.1, 0.15) is 42.3 Å². The van der Waals surface area contributed by atoms with Crippen molar-refractivity contribution >= 4 is 18.4 Å². The van der Waals surface area contributed by atoms with Crippen LogP contribution in [0.25, 0.3) is 0 Å². The molecule has 1 N–H and O–H groups in total. The number of benzene rings is 2. The highest BCUT2D eigenvalue weighted by atomic mass is 32.1. The molecular weight excluding hydrogens is 356 g/mol. The highest BCUT2D eigenvalue weighted by Crippen LogP contribution is 2.19. The van der Waals surface area contributed by atoms with E-state index in [-0.39, 0.29) is 0 Å². The molecule has 0 saturated carbocycles. The van der Waals surface area contributed by atoms with Crippen LogP contribution in [0.4, 0.5) is 0 Å². The lowest BCUT2D eigenvalue weighted by Crippen LogP contribution is -2.02. The molecule has 6 heteroatoms. The van der Waals surface area contributed by atoms with Gasteiger partial charge in [0.2, 0.25) is 4.77 Å². The van der Waals surface area contributed by atoms with Crippen LogP contribution in [0, 0.1) is 11.7 Å². The van der Waals surface area contributed by atoms with Crippen molar-refractivity contribution in [3.8, 4) is 5.75 Å². The maximum Gasteiger partial charge on any atom is 0.216 e. The van der Waals surface area contributed by atoms with Crippen molar-refractivity contribution in [3.05, 3.63) is 75.8 Å². The zero-order chi connectivity index (χ0) is 19.1. The lowest BCUT2D eigenvalue weighted by Gasteiger charge is -2.10. The Kier molecular flexibility index (Phi) is 6.54. The second-order valence-electron chi connectivity index (χ2n) is 6.36. The predicted molar refractivity (Wildman–Crippen MR) is 111 cm³/mol. The highest BCUT2D eigenvalue weighted by Gasteiger charge is 2.06. The molecule has 0 saturated heterocycles. The molecule has 140 valence electrons. The summed E-state index contributed by atoms with van der Waals surface area (Å²) in [5.41, 5.74) is 3.28. The molecule has 0 radical (unpaired) electrons. The van der Waals surface area contributed by atoms with E-state index in [1.807, 2.05) is 36.4 Å². The number of nitrogens with zero attached hydrogens (tertiary/aromatic N) is 3. The maximum absolute atomic E-state index is 6.05. The Morgan fingerprint density at radius 2 is 1.96 bits per heavy atom. The molecule has 0 aliphatic carbocycles. The van der Waals surface area contributed by atoms with E-state index < -0.39 is 0 Å². The third kappa shape index (κ3) is 4.92. The van der Waals surface area contributed by atoms with E-state index >= 15 is 0 Å². The number of hydrogen-bond donors (Lipinski definition) is 1. The highest BCUT2D eigenvalue weighted by molar-refractivity contribution is 7.71. The number of ether oxygens (including phenoxy) is 1. The Bertz CT molecular complexity index is 974. The van der Waals surface area contributed by atoms with Crippen molar-refractivity contribution in [3.63, 3.8) is 0 Å². The van der Waals surface area contributed by atoms with Gasteiger partial charge >= 0.3 is 0 Å². The largest absolute Gasteiger partial charge is 0.488 e. The van der Waals surface area contributed by atoms with Crippen molar-refractivity contribution in [2.45, 2.75) is 39.7 Å². The van der Waals surface area contributed by atoms with E-state index in [1.165, 1.54) is 11.1 Å². The molecule has 0 aliphatic rings. The molecular formula is C21H24N4OS. The van der Waals surface area contributed by atoms with Gasteiger partial charge in [0.15, 0.2) is 5.82 Å². The number of H-pyrrole nitrogens is 1. The third-order valence-corrected chi connectivity index (χ3v) is 4.61. The Morgan fingerprint density at radius 1 is 1.19 bits per heavy atom. The van der Waals surface area contributed by atoms with Crippen LogP contribution >= 0.6 is 12.2 Å². The minimum atomic E-state index is 0.496. The standard InChI is InChI=1S/C21H24N4OS/c1-3-4-13-20-23-24-21(27)25(20)22-14-17-10-7-8-12-19(17)26-15-18-11-6-5-9-16(18)2/h5-12,14H,3-4,13,15H2,1-2H3,(H,24,27)/b22-14+. The molecule has 0 fully saturated rings. The molecule has 0 aliphatic heterocycles. The first kappa shape index (κ1) is 19.0. The van der Waals surface area contributed by atoms with Crippen molar-refractivity contribution in [1.29, 1.82) is 0 Å². The minimum Gasteiger partial charge on any atom is -0.488 e. The van der Waals surface area contributed by atoms with Gasteiger partial charge < -0.3 is 4.74 Å². The molecule has 2 aromatic carbocycles. The van der Waals surface area contributed by atoms with Gasteiger partial charge in [-0.05, 0) is 48.8 Å². The summed E-state index contributed by atoms with van der Waals surface area (Å²) in [7, 11) is 0. The normalized spacial score (nSPS) is 11.2. The molecule has 1 heterocycles. The molecule has 5 nitrogen and oxygen atoms in total. The molecule has 0 bridgehead atoms. The SMILES string of the molecule is CCCCc1n[nH]c(=S)n1/N=C/c1ccccc1OCc1ccccc1C. The van der Waals surface area contributed by atoms with E-state index in [0.29, 0.717) is 11.4 Å². The number of aromatic amines is 1. The maximum atomic E-state index is 6.05. The van der Waals surface area contributed by atoms with Crippen LogP contribution in [0.2, 0.25) is 0 Å². The fourth-order valence-corrected chi connectivity index (χ4v) is 2.90. The second kappa shape index (κ2) is 9.28. The zero-order valence-electron chi connectivity index (χ0n) is 15.7. The summed E-state index contributed by atoms with van der Waals surface area (Å²) in [6.07, 6.45) is 4.75. The lowest BCUT2D eigenvalue weighted by atomic mass is 10.1. The summed E-state index contributed by atoms with van der Waals surface area (Å²) in [5.74, 6) is 1.63. The number of nitrogens with one attached hydrogen (secondary N) is 1. The van der Waals surface area contributed by atoms with Gasteiger partial charge in [-0.3, -0.25) is 5.10 Å². The molecule has 1 aromatic heterocycles. The van der Waals surface area contributed by atoms with Crippen LogP contribution < -0.4 is 4.74 Å². The van der Waals surface area contributed by atoms with E-state index in [9.17, 15) is 0 Å². The van der Waals surface area contributed by atoms with Crippen LogP contribution in [-0.4, -0.2) is 21.1 Å². The summed E-state index contributed by atoms with van der Waals surface area (Å²) in [6, 6.07) is 16.1. The van der Waals surface area contributed by atoms with Crippen molar-refractivity contribution < 1.29 is 4.74 Å². The summed E-state index contributed by atoms with van der Waals surface area (Å²) in [6.45, 7) is 4.76. The molecule has 3 rings (SSSR count). The molecule has 27 heavy (non-hydrogen) atoms. The first-order valence-corrected chi connectivity index (χ1v) is 9.57. The Balaban J connectivity index is 1.78. The molecule has 0 unspecified atom stereocenters. The Labute approximate surface area is 164 Å². The Morgan fingerprint density at radius 3 is 2.78 bits per heavy atom. The first-order valence-electron chi connectivity index (χ1n) is 9.16. The van der Waals surface area contributed by atoms with Crippen molar-refractivity contribution in [2.75, 3.05) is 0 Å². The smallest absolute Gasteiger partial charge is 0.216 e. The van der Waals surface area contributed by atoms with Gasteiger partial charge in [-0.2, -0.15) is 14.9 Å². The number of rotatable bonds is 8. The number of unbranched alkanes of at least 4 members (excludes halogenated alkanes) is 1. The number of aromatic nitrogens is 3. The molecule has 0 spiro atoms. The average molecular weight is 381 g/mol. The van der Waals surface area contributed by atoms with E-state index in [2.05, 4.69) is 41.3 Å². The fraction of sp³-hybridized carbons (Fsp3) is 0.286. The van der Waals surface area contributed by atoms with E-state index in [0.717, 1.165) is 36.4 Å². The van der Waals surface area contributed by atoms with Gasteiger partial charge in [0.1, 0.15) is 12.4 Å². The fourth-order valence-electron chi connectivity index (χ4n) is 2.71. The predicted octanol–water partition coefficient (Wildman–Crippen LogP) is 5.05. The molecule has 0 amide bonds. The van der Waals surface area contributed by atoms with Crippen molar-refractivity contribution in [2.24, 2.45) is 5.10 Å². The van der Waals surface area contributed by atoms with Crippen LogP contribution in [0.15, 0.2) is 53.6 Å². The van der Waals surface area contributed by atoms with E-state index in [1.54, 1.807) is 10.9 Å².